The molecule has 0 aromatic heterocycles. The predicted molar refractivity (Wildman–Crippen MR) is 83.6 cm³/mol. The van der Waals surface area contributed by atoms with E-state index < -0.39 is 0 Å². The van der Waals surface area contributed by atoms with Gasteiger partial charge in [0.15, 0.2) is 0 Å². The van der Waals surface area contributed by atoms with E-state index in [2.05, 4.69) is 43.0 Å². The number of nitrogens with zero attached hydrogens (tertiary/aromatic N) is 1. The van der Waals surface area contributed by atoms with Crippen LogP contribution in [-0.4, -0.2) is 19.6 Å². The maximum atomic E-state index is 5.77. The molecule has 1 aromatic carbocycles. The molecule has 1 saturated carbocycles. The third-order valence-corrected chi connectivity index (χ3v) is 4.56. The highest BCUT2D eigenvalue weighted by molar-refractivity contribution is 5.47. The molecule has 0 amide bonds. The Labute approximate surface area is 118 Å². The van der Waals surface area contributed by atoms with Crippen LogP contribution < -0.4 is 10.6 Å². The molecule has 0 aliphatic heterocycles. The molecular weight excluding hydrogens is 232 g/mol. The molecular formula is C17H28N2. The van der Waals surface area contributed by atoms with E-state index in [-0.39, 0.29) is 0 Å². The summed E-state index contributed by atoms with van der Waals surface area (Å²) < 4.78 is 0. The highest BCUT2D eigenvalue weighted by atomic mass is 15.1. The van der Waals surface area contributed by atoms with Crippen molar-refractivity contribution in [1.29, 1.82) is 0 Å². The van der Waals surface area contributed by atoms with Crippen molar-refractivity contribution in [2.45, 2.75) is 39.5 Å². The van der Waals surface area contributed by atoms with E-state index in [0.717, 1.165) is 24.9 Å². The molecule has 19 heavy (non-hydrogen) atoms. The van der Waals surface area contributed by atoms with Crippen LogP contribution in [-0.2, 0) is 0 Å². The zero-order chi connectivity index (χ0) is 13.7. The van der Waals surface area contributed by atoms with Crippen molar-refractivity contribution < 1.29 is 0 Å². The second kappa shape index (κ2) is 6.95. The number of hydrogen-bond acceptors (Lipinski definition) is 2. The zero-order valence-corrected chi connectivity index (χ0v) is 12.4. The Morgan fingerprint density at radius 1 is 1.05 bits per heavy atom. The van der Waals surface area contributed by atoms with Crippen molar-refractivity contribution in [3.05, 3.63) is 29.8 Å². The number of anilines is 1. The summed E-state index contributed by atoms with van der Waals surface area (Å²) in [4.78, 5) is 2.52. The molecule has 2 nitrogen and oxygen atoms in total. The van der Waals surface area contributed by atoms with Crippen molar-refractivity contribution in [2.24, 2.45) is 17.6 Å². The maximum Gasteiger partial charge on any atom is 0.0366 e. The van der Waals surface area contributed by atoms with Gasteiger partial charge in [0.2, 0.25) is 0 Å². The van der Waals surface area contributed by atoms with E-state index in [1.54, 1.807) is 0 Å². The number of hydrogen-bond donors (Lipinski definition) is 1. The predicted octanol–water partition coefficient (Wildman–Crippen LogP) is 3.59. The topological polar surface area (TPSA) is 29.3 Å². The average Bonchev–Trinajstić information content (AvgIpc) is 2.46. The fourth-order valence-electron chi connectivity index (χ4n) is 3.13. The molecule has 0 bridgehead atoms. The fraction of sp³-hybridized carbons (Fsp3) is 0.647. The first-order valence-electron chi connectivity index (χ1n) is 7.74. The van der Waals surface area contributed by atoms with Gasteiger partial charge >= 0.3 is 0 Å². The molecule has 0 atom stereocenters. The number of benzene rings is 1. The highest BCUT2D eigenvalue weighted by Crippen LogP contribution is 2.29. The summed E-state index contributed by atoms with van der Waals surface area (Å²) in [6, 6.07) is 8.93. The van der Waals surface area contributed by atoms with Crippen LogP contribution >= 0.6 is 0 Å². The summed E-state index contributed by atoms with van der Waals surface area (Å²) in [5.41, 5.74) is 8.48. The molecule has 1 aliphatic rings. The quantitative estimate of drug-likeness (QED) is 0.876. The Bertz CT molecular complexity index is 363. The van der Waals surface area contributed by atoms with Crippen LogP contribution in [0.5, 0.6) is 0 Å². The molecule has 1 fully saturated rings. The van der Waals surface area contributed by atoms with Crippen LogP contribution in [0, 0.1) is 18.8 Å². The van der Waals surface area contributed by atoms with E-state index in [1.807, 2.05) is 0 Å². The monoisotopic (exact) mass is 260 g/mol. The summed E-state index contributed by atoms with van der Waals surface area (Å²) in [6.45, 7) is 7.58. The standard InChI is InChI=1S/C17H28N2/c1-3-19(17-10-4-14(2)5-11-17)13-16-8-6-15(12-18)7-9-16/h4-5,10-11,15-16H,3,6-9,12-13,18H2,1-2H3. The molecule has 0 saturated heterocycles. The van der Waals surface area contributed by atoms with Gasteiger partial charge in [-0.3, -0.25) is 0 Å². The Hall–Kier alpha value is -1.02. The largest absolute Gasteiger partial charge is 0.372 e. The fourth-order valence-corrected chi connectivity index (χ4v) is 3.13. The summed E-state index contributed by atoms with van der Waals surface area (Å²) in [7, 11) is 0. The third kappa shape index (κ3) is 3.97. The molecule has 1 aliphatic carbocycles. The van der Waals surface area contributed by atoms with Crippen LogP contribution in [0.15, 0.2) is 24.3 Å². The lowest BCUT2D eigenvalue weighted by atomic mass is 9.82. The van der Waals surface area contributed by atoms with E-state index in [0.29, 0.717) is 0 Å². The Morgan fingerprint density at radius 2 is 1.63 bits per heavy atom. The molecule has 0 spiro atoms. The highest BCUT2D eigenvalue weighted by Gasteiger charge is 2.21. The summed E-state index contributed by atoms with van der Waals surface area (Å²) in [5.74, 6) is 1.63. The SMILES string of the molecule is CCN(CC1CCC(CN)CC1)c1ccc(C)cc1. The van der Waals surface area contributed by atoms with E-state index in [4.69, 9.17) is 5.73 Å². The smallest absolute Gasteiger partial charge is 0.0366 e. The molecule has 2 heteroatoms. The van der Waals surface area contributed by atoms with Crippen LogP contribution in [0.1, 0.15) is 38.2 Å². The lowest BCUT2D eigenvalue weighted by molar-refractivity contribution is 0.281. The van der Waals surface area contributed by atoms with Gasteiger partial charge in [-0.2, -0.15) is 0 Å². The van der Waals surface area contributed by atoms with Gasteiger partial charge in [-0.1, -0.05) is 17.7 Å². The Balaban J connectivity index is 1.91. The average molecular weight is 260 g/mol. The van der Waals surface area contributed by atoms with Gasteiger partial charge in [0.25, 0.3) is 0 Å². The van der Waals surface area contributed by atoms with Gasteiger partial charge in [-0.15, -0.1) is 0 Å². The molecule has 0 unspecified atom stereocenters. The second-order valence-electron chi connectivity index (χ2n) is 6.00. The van der Waals surface area contributed by atoms with Crippen molar-refractivity contribution in [1.82, 2.24) is 0 Å². The van der Waals surface area contributed by atoms with E-state index in [1.165, 1.54) is 43.5 Å². The number of nitrogens with two attached hydrogens (primary N) is 1. The maximum absolute atomic E-state index is 5.77. The van der Waals surface area contributed by atoms with Crippen molar-refractivity contribution in [2.75, 3.05) is 24.5 Å². The van der Waals surface area contributed by atoms with Crippen molar-refractivity contribution in [3.8, 4) is 0 Å². The molecule has 2 rings (SSSR count). The molecule has 0 radical (unpaired) electrons. The van der Waals surface area contributed by atoms with Crippen LogP contribution in [0.2, 0.25) is 0 Å². The van der Waals surface area contributed by atoms with Gasteiger partial charge in [0.1, 0.15) is 0 Å². The lowest BCUT2D eigenvalue weighted by Gasteiger charge is -2.33. The van der Waals surface area contributed by atoms with Crippen LogP contribution in [0.25, 0.3) is 0 Å². The summed E-state index contributed by atoms with van der Waals surface area (Å²) >= 11 is 0. The molecule has 0 heterocycles. The minimum absolute atomic E-state index is 0.783. The van der Waals surface area contributed by atoms with Gasteiger partial charge in [0.05, 0.1) is 0 Å². The molecule has 106 valence electrons. The number of aryl methyl sites for hydroxylation is 1. The summed E-state index contributed by atoms with van der Waals surface area (Å²) in [5, 5.41) is 0. The van der Waals surface area contributed by atoms with Gasteiger partial charge in [-0.05, 0) is 70.0 Å². The van der Waals surface area contributed by atoms with E-state index >= 15 is 0 Å². The van der Waals surface area contributed by atoms with Crippen LogP contribution in [0.4, 0.5) is 5.69 Å². The summed E-state index contributed by atoms with van der Waals surface area (Å²) in [6.07, 6.45) is 5.35. The lowest BCUT2D eigenvalue weighted by Crippen LogP contribution is -2.32. The number of rotatable bonds is 5. The Kier molecular flexibility index (Phi) is 5.26. The Morgan fingerprint density at radius 3 is 2.16 bits per heavy atom. The first-order chi connectivity index (χ1) is 9.22. The normalized spacial score (nSPS) is 23.3. The minimum atomic E-state index is 0.783. The first-order valence-corrected chi connectivity index (χ1v) is 7.74. The molecule has 2 N–H and O–H groups in total. The van der Waals surface area contributed by atoms with E-state index in [9.17, 15) is 0 Å². The van der Waals surface area contributed by atoms with Crippen molar-refractivity contribution >= 4 is 5.69 Å². The second-order valence-corrected chi connectivity index (χ2v) is 6.00. The molecule has 1 aromatic rings. The van der Waals surface area contributed by atoms with Gasteiger partial charge < -0.3 is 10.6 Å². The van der Waals surface area contributed by atoms with Crippen molar-refractivity contribution in [3.63, 3.8) is 0 Å². The van der Waals surface area contributed by atoms with Crippen LogP contribution in [0.3, 0.4) is 0 Å². The third-order valence-electron chi connectivity index (χ3n) is 4.56. The first kappa shape index (κ1) is 14.4. The minimum Gasteiger partial charge on any atom is -0.372 e. The zero-order valence-electron chi connectivity index (χ0n) is 12.4. The van der Waals surface area contributed by atoms with Gasteiger partial charge in [0, 0.05) is 18.8 Å². The van der Waals surface area contributed by atoms with Gasteiger partial charge in [-0.25, -0.2) is 0 Å².